The minimum Gasteiger partial charge on any atom is -0.495 e. The third kappa shape index (κ3) is 5.86. The molecular weight excluding hydrogens is 469 g/mol. The lowest BCUT2D eigenvalue weighted by Crippen LogP contribution is -2.35. The number of hydrogen-bond donors (Lipinski definition) is 1. The summed E-state index contributed by atoms with van der Waals surface area (Å²) < 4.78 is 30.8. The second kappa shape index (κ2) is 10.3. The van der Waals surface area contributed by atoms with E-state index in [-0.39, 0.29) is 22.0 Å². The fourth-order valence-corrected chi connectivity index (χ4v) is 4.19. The molecular formula is C19H21Cl2N3O6S. The van der Waals surface area contributed by atoms with E-state index in [0.717, 1.165) is 11.0 Å². The number of carbonyl (C=O) groups excluding carboxylic acids is 2. The van der Waals surface area contributed by atoms with Crippen LogP contribution in [0, 0.1) is 0 Å². The highest BCUT2D eigenvalue weighted by atomic mass is 35.5. The van der Waals surface area contributed by atoms with Crippen LogP contribution >= 0.6 is 23.2 Å². The number of hydroxylamine groups is 1. The zero-order valence-electron chi connectivity index (χ0n) is 17.2. The maximum atomic E-state index is 12.8. The van der Waals surface area contributed by atoms with Gasteiger partial charge in [-0.2, -0.15) is 0 Å². The van der Waals surface area contributed by atoms with Gasteiger partial charge in [0.2, 0.25) is 5.91 Å². The van der Waals surface area contributed by atoms with E-state index < -0.39 is 21.8 Å². The Labute approximate surface area is 190 Å². The van der Waals surface area contributed by atoms with E-state index in [2.05, 4.69) is 5.32 Å². The lowest BCUT2D eigenvalue weighted by Gasteiger charge is -2.19. The normalized spacial score (nSPS) is 11.3. The molecule has 0 saturated carbocycles. The Morgan fingerprint density at radius 3 is 2.35 bits per heavy atom. The van der Waals surface area contributed by atoms with Crippen molar-refractivity contribution < 1.29 is 27.6 Å². The van der Waals surface area contributed by atoms with Crippen molar-refractivity contribution in [3.8, 4) is 5.75 Å². The summed E-state index contributed by atoms with van der Waals surface area (Å²) in [5.41, 5.74) is 0.381. The summed E-state index contributed by atoms with van der Waals surface area (Å²) in [6, 6.07) is 8.51. The van der Waals surface area contributed by atoms with Crippen LogP contribution in [-0.2, 0) is 19.7 Å². The fraction of sp³-hybridized carbons (Fsp3) is 0.263. The number of benzene rings is 2. The van der Waals surface area contributed by atoms with Crippen LogP contribution in [-0.4, -0.2) is 64.5 Å². The monoisotopic (exact) mass is 489 g/mol. The molecule has 0 saturated heterocycles. The van der Waals surface area contributed by atoms with E-state index in [1.165, 1.54) is 46.5 Å². The molecule has 0 radical (unpaired) electrons. The van der Waals surface area contributed by atoms with Gasteiger partial charge in [-0.05, 0) is 36.4 Å². The van der Waals surface area contributed by atoms with Gasteiger partial charge in [0.1, 0.15) is 10.6 Å². The van der Waals surface area contributed by atoms with Gasteiger partial charge in [0.25, 0.3) is 15.9 Å². The first-order valence-electron chi connectivity index (χ1n) is 8.72. The van der Waals surface area contributed by atoms with Gasteiger partial charge in [-0.1, -0.05) is 27.7 Å². The highest BCUT2D eigenvalue weighted by Gasteiger charge is 2.26. The molecule has 2 aromatic rings. The average Bonchev–Trinajstić information content (AvgIpc) is 2.72. The number of sulfonamides is 1. The summed E-state index contributed by atoms with van der Waals surface area (Å²) in [6.07, 6.45) is 0. The molecule has 168 valence electrons. The second-order valence-electron chi connectivity index (χ2n) is 6.30. The Balaban J connectivity index is 2.19. The van der Waals surface area contributed by atoms with Crippen molar-refractivity contribution in [2.45, 2.75) is 4.90 Å². The maximum absolute atomic E-state index is 12.8. The SMILES string of the molecule is COc1ccc(Cl)cc1NC(=O)CN(C)C(=O)c1ccc(Cl)c(S(=O)(=O)N(C)OC)c1. The van der Waals surface area contributed by atoms with Crippen LogP contribution in [0.25, 0.3) is 0 Å². The number of nitrogens with one attached hydrogen (secondary N) is 1. The van der Waals surface area contributed by atoms with Crippen LogP contribution in [0.15, 0.2) is 41.3 Å². The zero-order chi connectivity index (χ0) is 23.3. The molecule has 0 atom stereocenters. The number of halogens is 2. The second-order valence-corrected chi connectivity index (χ2v) is 9.04. The van der Waals surface area contributed by atoms with Crippen LogP contribution < -0.4 is 10.1 Å². The Bertz CT molecular complexity index is 1090. The van der Waals surface area contributed by atoms with Gasteiger partial charge in [-0.25, -0.2) is 8.42 Å². The number of anilines is 1. The molecule has 9 nitrogen and oxygen atoms in total. The number of nitrogens with zero attached hydrogens (tertiary/aromatic N) is 2. The quantitative estimate of drug-likeness (QED) is 0.571. The molecule has 0 heterocycles. The molecule has 0 fully saturated rings. The van der Waals surface area contributed by atoms with E-state index in [1.807, 2.05) is 0 Å². The Kier molecular flexibility index (Phi) is 8.27. The van der Waals surface area contributed by atoms with Gasteiger partial charge in [0.15, 0.2) is 0 Å². The first-order chi connectivity index (χ1) is 14.5. The summed E-state index contributed by atoms with van der Waals surface area (Å²) in [5.74, 6) is -0.680. The highest BCUT2D eigenvalue weighted by molar-refractivity contribution is 7.89. The minimum atomic E-state index is -4.07. The van der Waals surface area contributed by atoms with Crippen LogP contribution in [0.1, 0.15) is 10.4 Å². The van der Waals surface area contributed by atoms with E-state index in [4.69, 9.17) is 32.8 Å². The van der Waals surface area contributed by atoms with Gasteiger partial charge in [0.05, 0.1) is 31.5 Å². The molecule has 2 amide bonds. The molecule has 2 rings (SSSR count). The topological polar surface area (TPSA) is 105 Å². The predicted octanol–water partition coefficient (Wildman–Crippen LogP) is 2.89. The molecule has 0 aliphatic carbocycles. The molecule has 0 unspecified atom stereocenters. The van der Waals surface area contributed by atoms with Gasteiger partial charge in [0, 0.05) is 24.7 Å². The van der Waals surface area contributed by atoms with Crippen molar-refractivity contribution in [1.82, 2.24) is 9.37 Å². The Morgan fingerprint density at radius 2 is 1.74 bits per heavy atom. The fourth-order valence-electron chi connectivity index (χ4n) is 2.55. The first-order valence-corrected chi connectivity index (χ1v) is 10.9. The molecule has 0 bridgehead atoms. The van der Waals surface area contributed by atoms with E-state index in [0.29, 0.717) is 20.9 Å². The largest absolute Gasteiger partial charge is 0.495 e. The molecule has 31 heavy (non-hydrogen) atoms. The third-order valence-corrected chi connectivity index (χ3v) is 6.61. The van der Waals surface area contributed by atoms with Crippen molar-refractivity contribution in [2.24, 2.45) is 0 Å². The average molecular weight is 490 g/mol. The van der Waals surface area contributed by atoms with Crippen molar-refractivity contribution in [3.05, 3.63) is 52.0 Å². The van der Waals surface area contributed by atoms with E-state index >= 15 is 0 Å². The van der Waals surface area contributed by atoms with E-state index in [9.17, 15) is 18.0 Å². The van der Waals surface area contributed by atoms with E-state index in [1.54, 1.807) is 12.1 Å². The van der Waals surface area contributed by atoms with Crippen molar-refractivity contribution in [1.29, 1.82) is 0 Å². The highest BCUT2D eigenvalue weighted by Crippen LogP contribution is 2.28. The van der Waals surface area contributed by atoms with Crippen molar-refractivity contribution in [2.75, 3.05) is 40.2 Å². The van der Waals surface area contributed by atoms with Crippen molar-refractivity contribution in [3.63, 3.8) is 0 Å². The van der Waals surface area contributed by atoms with Crippen LogP contribution in [0.2, 0.25) is 10.0 Å². The molecule has 0 aromatic heterocycles. The molecule has 0 aliphatic rings. The smallest absolute Gasteiger partial charge is 0.266 e. The molecule has 0 spiro atoms. The summed E-state index contributed by atoms with van der Waals surface area (Å²) in [7, 11) is 1.15. The molecule has 1 N–H and O–H groups in total. The Hall–Kier alpha value is -2.37. The maximum Gasteiger partial charge on any atom is 0.266 e. The molecule has 12 heteroatoms. The van der Waals surface area contributed by atoms with Crippen LogP contribution in [0.5, 0.6) is 5.75 Å². The number of likely N-dealkylation sites (N-methyl/N-ethyl adjacent to an activating group) is 1. The van der Waals surface area contributed by atoms with Gasteiger partial charge < -0.3 is 15.0 Å². The Morgan fingerprint density at radius 1 is 1.06 bits per heavy atom. The summed E-state index contributed by atoms with van der Waals surface area (Å²) in [6.45, 7) is -0.308. The number of ether oxygens (including phenoxy) is 1. The molecule has 2 aromatic carbocycles. The lowest BCUT2D eigenvalue weighted by molar-refractivity contribution is -0.116. The number of methoxy groups -OCH3 is 1. The number of hydrogen-bond acceptors (Lipinski definition) is 6. The van der Waals surface area contributed by atoms with Gasteiger partial charge in [-0.15, -0.1) is 0 Å². The zero-order valence-corrected chi connectivity index (χ0v) is 19.5. The summed E-state index contributed by atoms with van der Waals surface area (Å²) in [5, 5.41) is 2.95. The number of rotatable bonds is 8. The lowest BCUT2D eigenvalue weighted by atomic mass is 10.2. The third-order valence-electron chi connectivity index (χ3n) is 4.21. The van der Waals surface area contributed by atoms with Crippen molar-refractivity contribution >= 4 is 50.7 Å². The minimum absolute atomic E-state index is 0.0307. The van der Waals surface area contributed by atoms with Gasteiger partial charge in [-0.3, -0.25) is 14.4 Å². The standard InChI is InChI=1S/C19H21Cl2N3O6S/c1-23(11-18(25)22-15-10-13(20)6-8-16(15)29-3)19(26)12-5-7-14(21)17(9-12)31(27,28)24(2)30-4/h5-10H,11H2,1-4H3,(H,22,25). The first kappa shape index (κ1) is 24.9. The number of carbonyl (C=O) groups is 2. The van der Waals surface area contributed by atoms with Gasteiger partial charge >= 0.3 is 0 Å². The summed E-state index contributed by atoms with van der Waals surface area (Å²) in [4.78, 5) is 30.7. The van der Waals surface area contributed by atoms with Crippen LogP contribution in [0.4, 0.5) is 5.69 Å². The summed E-state index contributed by atoms with van der Waals surface area (Å²) >= 11 is 12.0. The predicted molar refractivity (Wildman–Crippen MR) is 117 cm³/mol. The van der Waals surface area contributed by atoms with Crippen LogP contribution in [0.3, 0.4) is 0 Å². The number of amides is 2. The molecule has 0 aliphatic heterocycles.